The first-order valence-corrected chi connectivity index (χ1v) is 7.99. The molecule has 0 aromatic heterocycles. The molecule has 1 aromatic rings. The van der Waals surface area contributed by atoms with Crippen molar-refractivity contribution in [3.05, 3.63) is 28.2 Å². The first kappa shape index (κ1) is 15.0. The van der Waals surface area contributed by atoms with Gasteiger partial charge in [-0.1, -0.05) is 29.3 Å². The summed E-state index contributed by atoms with van der Waals surface area (Å²) in [6.07, 6.45) is 0. The van der Waals surface area contributed by atoms with Crippen molar-refractivity contribution in [3.8, 4) is 0 Å². The average Bonchev–Trinajstić information content (AvgIpc) is 2.41. The number of benzene rings is 1. The van der Waals surface area contributed by atoms with Crippen LogP contribution in [-0.4, -0.2) is 40.8 Å². The lowest BCUT2D eigenvalue weighted by Gasteiger charge is -2.24. The molecule has 0 amide bonds. The molecule has 1 aromatic carbocycles. The normalized spacial score (nSPS) is 20.4. The van der Waals surface area contributed by atoms with E-state index in [1.165, 1.54) is 6.07 Å². The van der Waals surface area contributed by atoms with Gasteiger partial charge in [0, 0.05) is 19.1 Å². The molecule has 1 heterocycles. The Hall–Kier alpha value is -0.370. The summed E-state index contributed by atoms with van der Waals surface area (Å²) in [6, 6.07) is 4.47. The molecule has 0 aliphatic carbocycles. The van der Waals surface area contributed by atoms with Crippen LogP contribution in [0.2, 0.25) is 10.0 Å². The molecule has 5 nitrogen and oxygen atoms in total. The molecule has 1 aliphatic rings. The molecule has 1 fully saturated rings. The zero-order valence-corrected chi connectivity index (χ0v) is 12.4. The average molecular weight is 325 g/mol. The highest BCUT2D eigenvalue weighted by molar-refractivity contribution is 7.89. The van der Waals surface area contributed by atoms with Crippen LogP contribution >= 0.6 is 23.2 Å². The summed E-state index contributed by atoms with van der Waals surface area (Å²) in [4.78, 5) is -0.0154. The topological polar surface area (TPSA) is 67.4 Å². The molecule has 1 atom stereocenters. The maximum atomic E-state index is 12.1. The van der Waals surface area contributed by atoms with Gasteiger partial charge in [0.25, 0.3) is 0 Å². The smallest absolute Gasteiger partial charge is 0.242 e. The van der Waals surface area contributed by atoms with Crippen LogP contribution in [0, 0.1) is 0 Å². The molecule has 2 N–H and O–H groups in total. The Kier molecular flexibility index (Phi) is 5.05. The predicted molar refractivity (Wildman–Crippen MR) is 74.3 cm³/mol. The molecular weight excluding hydrogens is 311 g/mol. The van der Waals surface area contributed by atoms with Crippen molar-refractivity contribution in [2.45, 2.75) is 10.9 Å². The SMILES string of the molecule is O=S(=O)(NCC1COCCN1)c1cccc(Cl)c1Cl. The number of hydrogen-bond donors (Lipinski definition) is 2. The number of morpholine rings is 1. The molecule has 19 heavy (non-hydrogen) atoms. The first-order chi connectivity index (χ1) is 9.00. The maximum Gasteiger partial charge on any atom is 0.242 e. The van der Waals surface area contributed by atoms with Crippen LogP contribution < -0.4 is 10.0 Å². The molecule has 0 bridgehead atoms. The Morgan fingerprint density at radius 2 is 2.21 bits per heavy atom. The Balaban J connectivity index is 2.07. The zero-order chi connectivity index (χ0) is 13.9. The van der Waals surface area contributed by atoms with E-state index in [2.05, 4.69) is 10.0 Å². The molecule has 8 heteroatoms. The minimum atomic E-state index is -3.67. The van der Waals surface area contributed by atoms with Crippen LogP contribution in [0.3, 0.4) is 0 Å². The van der Waals surface area contributed by atoms with Crippen LogP contribution in [-0.2, 0) is 14.8 Å². The number of rotatable bonds is 4. The van der Waals surface area contributed by atoms with Gasteiger partial charge in [-0.05, 0) is 12.1 Å². The van der Waals surface area contributed by atoms with Crippen molar-refractivity contribution < 1.29 is 13.2 Å². The van der Waals surface area contributed by atoms with Crippen molar-refractivity contribution in [1.29, 1.82) is 0 Å². The van der Waals surface area contributed by atoms with E-state index in [9.17, 15) is 8.42 Å². The van der Waals surface area contributed by atoms with Crippen LogP contribution in [0.4, 0.5) is 0 Å². The van der Waals surface area contributed by atoms with Crippen LogP contribution in [0.25, 0.3) is 0 Å². The third-order valence-corrected chi connectivity index (χ3v) is 5.12. The van der Waals surface area contributed by atoms with E-state index in [4.69, 9.17) is 27.9 Å². The van der Waals surface area contributed by atoms with Gasteiger partial charge in [-0.2, -0.15) is 0 Å². The second-order valence-electron chi connectivity index (χ2n) is 4.13. The van der Waals surface area contributed by atoms with Crippen LogP contribution in [0.1, 0.15) is 0 Å². The standard InChI is InChI=1S/C11H14Cl2N2O3S/c12-9-2-1-3-10(11(9)13)19(16,17)15-6-8-7-18-5-4-14-8/h1-3,8,14-15H,4-7H2. The van der Waals surface area contributed by atoms with Crippen molar-refractivity contribution in [1.82, 2.24) is 10.0 Å². The predicted octanol–water partition coefficient (Wildman–Crippen LogP) is 1.26. The number of hydrogen-bond acceptors (Lipinski definition) is 4. The van der Waals surface area contributed by atoms with Crippen molar-refractivity contribution >= 4 is 33.2 Å². The van der Waals surface area contributed by atoms with Gasteiger partial charge in [0.1, 0.15) is 4.90 Å². The molecule has 2 rings (SSSR count). The van der Waals surface area contributed by atoms with Gasteiger partial charge in [-0.25, -0.2) is 13.1 Å². The summed E-state index contributed by atoms with van der Waals surface area (Å²) < 4.78 is 32.0. The Morgan fingerprint density at radius 1 is 1.42 bits per heavy atom. The van der Waals surface area contributed by atoms with Gasteiger partial charge in [-0.15, -0.1) is 0 Å². The third kappa shape index (κ3) is 3.81. The minimum absolute atomic E-state index is 0.0154. The van der Waals surface area contributed by atoms with E-state index in [1.54, 1.807) is 12.1 Å². The number of sulfonamides is 1. The molecule has 0 saturated carbocycles. The molecular formula is C11H14Cl2N2O3S. The summed E-state index contributed by atoms with van der Waals surface area (Å²) in [6.45, 7) is 2.07. The van der Waals surface area contributed by atoms with E-state index in [0.717, 1.165) is 0 Å². The van der Waals surface area contributed by atoms with Gasteiger partial charge in [0.15, 0.2) is 0 Å². The fourth-order valence-corrected chi connectivity index (χ4v) is 3.57. The van der Waals surface area contributed by atoms with Gasteiger partial charge in [0.2, 0.25) is 10.0 Å². The number of nitrogens with one attached hydrogen (secondary N) is 2. The monoisotopic (exact) mass is 324 g/mol. The van der Waals surface area contributed by atoms with Crippen molar-refractivity contribution in [2.75, 3.05) is 26.3 Å². The zero-order valence-electron chi connectivity index (χ0n) is 10.0. The van der Waals surface area contributed by atoms with Gasteiger partial charge in [0.05, 0.1) is 23.3 Å². The summed E-state index contributed by atoms with van der Waals surface area (Å²) >= 11 is 11.7. The maximum absolute atomic E-state index is 12.1. The quantitative estimate of drug-likeness (QED) is 0.875. The molecule has 1 unspecified atom stereocenters. The lowest BCUT2D eigenvalue weighted by molar-refractivity contribution is 0.0784. The number of ether oxygens (including phenoxy) is 1. The van der Waals surface area contributed by atoms with E-state index in [-0.39, 0.29) is 27.5 Å². The lowest BCUT2D eigenvalue weighted by Crippen LogP contribution is -2.48. The highest BCUT2D eigenvalue weighted by atomic mass is 35.5. The van der Waals surface area contributed by atoms with Crippen LogP contribution in [0.15, 0.2) is 23.1 Å². The largest absolute Gasteiger partial charge is 0.378 e. The van der Waals surface area contributed by atoms with E-state index in [0.29, 0.717) is 19.8 Å². The highest BCUT2D eigenvalue weighted by Crippen LogP contribution is 2.28. The Morgan fingerprint density at radius 3 is 2.89 bits per heavy atom. The molecule has 1 aliphatic heterocycles. The molecule has 0 radical (unpaired) electrons. The van der Waals surface area contributed by atoms with E-state index < -0.39 is 10.0 Å². The van der Waals surface area contributed by atoms with Gasteiger partial charge in [-0.3, -0.25) is 0 Å². The van der Waals surface area contributed by atoms with Gasteiger partial charge >= 0.3 is 0 Å². The second kappa shape index (κ2) is 6.39. The fourth-order valence-electron chi connectivity index (χ4n) is 1.73. The van der Waals surface area contributed by atoms with E-state index in [1.807, 2.05) is 0 Å². The summed E-state index contributed by atoms with van der Waals surface area (Å²) in [5.41, 5.74) is 0. The first-order valence-electron chi connectivity index (χ1n) is 5.75. The Labute approximate surface area is 122 Å². The second-order valence-corrected chi connectivity index (χ2v) is 6.65. The van der Waals surface area contributed by atoms with Crippen molar-refractivity contribution in [2.24, 2.45) is 0 Å². The van der Waals surface area contributed by atoms with Crippen molar-refractivity contribution in [3.63, 3.8) is 0 Å². The van der Waals surface area contributed by atoms with Gasteiger partial charge < -0.3 is 10.1 Å². The lowest BCUT2D eigenvalue weighted by atomic mass is 10.3. The fraction of sp³-hybridized carbons (Fsp3) is 0.455. The minimum Gasteiger partial charge on any atom is -0.378 e. The Bertz CT molecular complexity index is 545. The molecule has 0 spiro atoms. The van der Waals surface area contributed by atoms with E-state index >= 15 is 0 Å². The summed E-state index contributed by atoms with van der Waals surface area (Å²) in [7, 11) is -3.67. The summed E-state index contributed by atoms with van der Waals surface area (Å²) in [5, 5.41) is 3.40. The highest BCUT2D eigenvalue weighted by Gasteiger charge is 2.21. The molecule has 106 valence electrons. The number of halogens is 2. The molecule has 1 saturated heterocycles. The summed E-state index contributed by atoms with van der Waals surface area (Å²) in [5.74, 6) is 0. The third-order valence-electron chi connectivity index (χ3n) is 2.72. The van der Waals surface area contributed by atoms with Crippen LogP contribution in [0.5, 0.6) is 0 Å².